The Labute approximate surface area is 151 Å². The fraction of sp³-hybridized carbons (Fsp3) is 0.150. The van der Waals surface area contributed by atoms with Crippen LogP contribution in [0.4, 0.5) is 0 Å². The van der Waals surface area contributed by atoms with Gasteiger partial charge in [0.1, 0.15) is 11.6 Å². The smallest absolute Gasteiger partial charge is 0.232 e. The van der Waals surface area contributed by atoms with Crippen molar-refractivity contribution in [3.63, 3.8) is 0 Å². The molecular formula is C20H17N3O3. The number of hydrogen-bond acceptors (Lipinski definition) is 6. The minimum absolute atomic E-state index is 0.263. The lowest BCUT2D eigenvalue weighted by molar-refractivity contribution is 0.355. The van der Waals surface area contributed by atoms with Gasteiger partial charge in [0.05, 0.1) is 27.0 Å². The Bertz CT molecular complexity index is 966. The van der Waals surface area contributed by atoms with Crippen LogP contribution in [0.1, 0.15) is 5.56 Å². The van der Waals surface area contributed by atoms with Gasteiger partial charge in [-0.15, -0.1) is 0 Å². The highest BCUT2D eigenvalue weighted by atomic mass is 16.5. The molecule has 0 aliphatic rings. The van der Waals surface area contributed by atoms with E-state index in [0.29, 0.717) is 28.3 Å². The maximum Gasteiger partial charge on any atom is 0.232 e. The lowest BCUT2D eigenvalue weighted by atomic mass is 9.98. The number of rotatable bonds is 5. The third kappa shape index (κ3) is 3.15. The van der Waals surface area contributed by atoms with Crippen molar-refractivity contribution >= 4 is 0 Å². The second kappa shape index (κ2) is 7.53. The van der Waals surface area contributed by atoms with Crippen LogP contribution in [-0.4, -0.2) is 31.3 Å². The van der Waals surface area contributed by atoms with E-state index in [1.165, 1.54) is 7.11 Å². The topological polar surface area (TPSA) is 77.3 Å². The van der Waals surface area contributed by atoms with Gasteiger partial charge in [-0.1, -0.05) is 6.07 Å². The molecule has 0 radical (unpaired) electrons. The predicted octanol–water partition coefficient (Wildman–Crippen LogP) is 3.71. The van der Waals surface area contributed by atoms with Gasteiger partial charge >= 0.3 is 0 Å². The van der Waals surface area contributed by atoms with Crippen LogP contribution >= 0.6 is 0 Å². The molecule has 0 bridgehead atoms. The largest absolute Gasteiger partial charge is 0.493 e. The first-order chi connectivity index (χ1) is 12.7. The van der Waals surface area contributed by atoms with Gasteiger partial charge in [0.2, 0.25) is 5.88 Å². The Hall–Kier alpha value is -3.59. The van der Waals surface area contributed by atoms with Gasteiger partial charge in [-0.2, -0.15) is 5.26 Å². The second-order valence-corrected chi connectivity index (χ2v) is 5.36. The van der Waals surface area contributed by atoms with E-state index in [9.17, 15) is 5.26 Å². The standard InChI is InChI=1S/C20H17N3O3/c1-24-18-7-6-13(9-19(18)25-2)15-10-17(14-5-4-8-22-12-14)23-20(26-3)16(15)11-21/h4-10,12H,1-3H3. The third-order valence-electron chi connectivity index (χ3n) is 3.94. The summed E-state index contributed by atoms with van der Waals surface area (Å²) >= 11 is 0. The van der Waals surface area contributed by atoms with Crippen molar-refractivity contribution in [2.45, 2.75) is 0 Å². The number of pyridine rings is 2. The third-order valence-corrected chi connectivity index (χ3v) is 3.94. The molecule has 0 saturated carbocycles. The van der Waals surface area contributed by atoms with E-state index in [0.717, 1.165) is 11.1 Å². The molecule has 6 nitrogen and oxygen atoms in total. The molecule has 3 rings (SSSR count). The Morgan fingerprint density at radius 3 is 2.35 bits per heavy atom. The van der Waals surface area contributed by atoms with Gasteiger partial charge in [-0.25, -0.2) is 4.98 Å². The van der Waals surface area contributed by atoms with Gasteiger partial charge in [0.25, 0.3) is 0 Å². The normalized spacial score (nSPS) is 10.1. The Morgan fingerprint density at radius 1 is 0.923 bits per heavy atom. The molecule has 0 aliphatic carbocycles. The molecule has 0 aliphatic heterocycles. The average molecular weight is 347 g/mol. The van der Waals surface area contributed by atoms with Crippen LogP contribution in [0.15, 0.2) is 48.8 Å². The van der Waals surface area contributed by atoms with Crippen molar-refractivity contribution in [2.24, 2.45) is 0 Å². The minimum Gasteiger partial charge on any atom is -0.493 e. The maximum atomic E-state index is 9.64. The summed E-state index contributed by atoms with van der Waals surface area (Å²) in [4.78, 5) is 8.58. The highest BCUT2D eigenvalue weighted by Crippen LogP contribution is 2.37. The molecule has 0 unspecified atom stereocenters. The Balaban J connectivity index is 2.24. The summed E-state index contributed by atoms with van der Waals surface area (Å²) in [5, 5.41) is 9.64. The van der Waals surface area contributed by atoms with Gasteiger partial charge in [0.15, 0.2) is 11.5 Å². The SMILES string of the molecule is COc1ccc(-c2cc(-c3cccnc3)nc(OC)c2C#N)cc1OC. The van der Waals surface area contributed by atoms with E-state index in [2.05, 4.69) is 16.0 Å². The molecule has 3 aromatic rings. The van der Waals surface area contributed by atoms with Crippen LogP contribution in [-0.2, 0) is 0 Å². The van der Waals surface area contributed by atoms with Crippen LogP contribution in [0.25, 0.3) is 22.4 Å². The van der Waals surface area contributed by atoms with Crippen LogP contribution in [0.5, 0.6) is 17.4 Å². The zero-order valence-electron chi connectivity index (χ0n) is 14.7. The summed E-state index contributed by atoms with van der Waals surface area (Å²) in [5.41, 5.74) is 3.34. The summed E-state index contributed by atoms with van der Waals surface area (Å²) in [6.07, 6.45) is 3.41. The molecular weight excluding hydrogens is 330 g/mol. The lowest BCUT2D eigenvalue weighted by Crippen LogP contribution is -1.98. The number of aromatic nitrogens is 2. The van der Waals surface area contributed by atoms with Gasteiger partial charge in [-0.05, 0) is 35.9 Å². The summed E-state index contributed by atoms with van der Waals surface area (Å²) in [6.45, 7) is 0. The molecule has 0 saturated heterocycles. The van der Waals surface area contributed by atoms with E-state index in [1.54, 1.807) is 32.7 Å². The first kappa shape index (κ1) is 17.2. The molecule has 6 heteroatoms. The molecule has 0 spiro atoms. The molecule has 0 amide bonds. The van der Waals surface area contributed by atoms with Crippen LogP contribution < -0.4 is 14.2 Å². The number of methoxy groups -OCH3 is 3. The van der Waals surface area contributed by atoms with Crippen molar-refractivity contribution in [1.29, 1.82) is 5.26 Å². The fourth-order valence-corrected chi connectivity index (χ4v) is 2.67. The highest BCUT2D eigenvalue weighted by Gasteiger charge is 2.17. The summed E-state index contributed by atoms with van der Waals surface area (Å²) < 4.78 is 16.0. The quantitative estimate of drug-likeness (QED) is 0.700. The number of nitriles is 1. The fourth-order valence-electron chi connectivity index (χ4n) is 2.67. The monoisotopic (exact) mass is 347 g/mol. The zero-order chi connectivity index (χ0) is 18.5. The molecule has 0 N–H and O–H groups in total. The zero-order valence-corrected chi connectivity index (χ0v) is 14.7. The van der Waals surface area contributed by atoms with E-state index < -0.39 is 0 Å². The Kier molecular flexibility index (Phi) is 4.99. The summed E-state index contributed by atoms with van der Waals surface area (Å²) in [7, 11) is 4.64. The minimum atomic E-state index is 0.263. The van der Waals surface area contributed by atoms with Crippen molar-refractivity contribution in [3.8, 4) is 45.8 Å². The van der Waals surface area contributed by atoms with Gasteiger partial charge in [0, 0.05) is 23.5 Å². The van der Waals surface area contributed by atoms with Crippen LogP contribution in [0, 0.1) is 11.3 Å². The molecule has 2 aromatic heterocycles. The van der Waals surface area contributed by atoms with Crippen molar-refractivity contribution in [2.75, 3.05) is 21.3 Å². The number of hydrogen-bond donors (Lipinski definition) is 0. The van der Waals surface area contributed by atoms with Gasteiger partial charge in [-0.3, -0.25) is 4.98 Å². The van der Waals surface area contributed by atoms with E-state index in [-0.39, 0.29) is 5.88 Å². The van der Waals surface area contributed by atoms with Crippen molar-refractivity contribution < 1.29 is 14.2 Å². The molecule has 0 atom stereocenters. The van der Waals surface area contributed by atoms with E-state index >= 15 is 0 Å². The molecule has 1 aromatic carbocycles. The average Bonchev–Trinajstić information content (AvgIpc) is 2.72. The summed E-state index contributed by atoms with van der Waals surface area (Å²) in [5.74, 6) is 1.45. The van der Waals surface area contributed by atoms with E-state index in [4.69, 9.17) is 14.2 Å². The number of ether oxygens (including phenoxy) is 3. The molecule has 26 heavy (non-hydrogen) atoms. The van der Waals surface area contributed by atoms with Crippen molar-refractivity contribution in [1.82, 2.24) is 9.97 Å². The number of benzene rings is 1. The predicted molar refractivity (Wildman–Crippen MR) is 97.3 cm³/mol. The molecule has 0 fully saturated rings. The number of nitrogens with zero attached hydrogens (tertiary/aromatic N) is 3. The van der Waals surface area contributed by atoms with Crippen LogP contribution in [0.3, 0.4) is 0 Å². The first-order valence-corrected chi connectivity index (χ1v) is 7.83. The highest BCUT2D eigenvalue weighted by molar-refractivity contribution is 5.79. The second-order valence-electron chi connectivity index (χ2n) is 5.36. The molecule has 130 valence electrons. The Morgan fingerprint density at radius 2 is 1.73 bits per heavy atom. The van der Waals surface area contributed by atoms with Crippen LogP contribution in [0.2, 0.25) is 0 Å². The van der Waals surface area contributed by atoms with E-state index in [1.807, 2.05) is 30.3 Å². The maximum absolute atomic E-state index is 9.64. The summed E-state index contributed by atoms with van der Waals surface area (Å²) in [6, 6.07) is 13.2. The van der Waals surface area contributed by atoms with Gasteiger partial charge < -0.3 is 14.2 Å². The lowest BCUT2D eigenvalue weighted by Gasteiger charge is -2.13. The first-order valence-electron chi connectivity index (χ1n) is 7.83. The molecule has 2 heterocycles. The van der Waals surface area contributed by atoms with Crippen molar-refractivity contribution in [3.05, 3.63) is 54.4 Å².